The molecule has 3 rings (SSSR count). The molecule has 0 fully saturated rings. The molecule has 1 amide bonds. The van der Waals surface area contributed by atoms with Crippen LogP contribution in [0.25, 0.3) is 4.96 Å². The highest BCUT2D eigenvalue weighted by Gasteiger charge is 2.15. The first-order valence-corrected chi connectivity index (χ1v) is 7.14. The Morgan fingerprint density at radius 2 is 2.10 bits per heavy atom. The Morgan fingerprint density at radius 3 is 2.80 bits per heavy atom. The number of fused-ring (bicyclic) bond motifs is 1. The van der Waals surface area contributed by atoms with Crippen LogP contribution in [-0.2, 0) is 0 Å². The largest absolute Gasteiger partial charge is 0.344 e. The van der Waals surface area contributed by atoms with E-state index in [1.54, 1.807) is 10.7 Å². The molecular formula is C14H14N4OS. The van der Waals surface area contributed by atoms with Crippen LogP contribution in [0.1, 0.15) is 34.0 Å². The van der Waals surface area contributed by atoms with Crippen LogP contribution in [0.5, 0.6) is 0 Å². The molecule has 1 atom stereocenters. The minimum Gasteiger partial charge on any atom is -0.344 e. The molecule has 0 aliphatic rings. The summed E-state index contributed by atoms with van der Waals surface area (Å²) in [5.41, 5.74) is 1.46. The number of amides is 1. The lowest BCUT2D eigenvalue weighted by atomic mass is 10.1. The third kappa shape index (κ3) is 2.42. The van der Waals surface area contributed by atoms with Crippen LogP contribution >= 0.6 is 11.3 Å². The van der Waals surface area contributed by atoms with Gasteiger partial charge in [-0.3, -0.25) is 4.79 Å². The van der Waals surface area contributed by atoms with Gasteiger partial charge in [0.1, 0.15) is 10.7 Å². The zero-order valence-corrected chi connectivity index (χ0v) is 12.0. The summed E-state index contributed by atoms with van der Waals surface area (Å²) in [4.78, 5) is 17.2. The summed E-state index contributed by atoms with van der Waals surface area (Å²) in [6.45, 7) is 3.87. The van der Waals surface area contributed by atoms with Gasteiger partial charge < -0.3 is 5.32 Å². The van der Waals surface area contributed by atoms with Gasteiger partial charge in [-0.05, 0) is 19.4 Å². The molecule has 20 heavy (non-hydrogen) atoms. The maximum Gasteiger partial charge on any atom is 0.272 e. The number of hydrogen-bond donors (Lipinski definition) is 1. The van der Waals surface area contributed by atoms with Gasteiger partial charge in [0.2, 0.25) is 4.96 Å². The van der Waals surface area contributed by atoms with E-state index in [0.29, 0.717) is 5.69 Å². The average Bonchev–Trinajstić information content (AvgIpc) is 2.96. The zero-order chi connectivity index (χ0) is 14.1. The SMILES string of the molecule is Cc1nn2cc(C(=O)NC(C)c3ccccc3)nc2s1. The highest BCUT2D eigenvalue weighted by Crippen LogP contribution is 2.15. The Bertz CT molecular complexity index is 715. The van der Waals surface area contributed by atoms with Crippen LogP contribution in [0.15, 0.2) is 36.5 Å². The van der Waals surface area contributed by atoms with E-state index in [-0.39, 0.29) is 11.9 Å². The number of carbonyl (C=O) groups is 1. The highest BCUT2D eigenvalue weighted by atomic mass is 32.1. The molecule has 1 aromatic carbocycles. The first-order valence-electron chi connectivity index (χ1n) is 6.32. The Kier molecular flexibility index (Phi) is 3.23. The van der Waals surface area contributed by atoms with Gasteiger partial charge in [-0.2, -0.15) is 5.10 Å². The molecular weight excluding hydrogens is 272 g/mol. The van der Waals surface area contributed by atoms with Gasteiger partial charge in [-0.25, -0.2) is 9.50 Å². The molecule has 1 unspecified atom stereocenters. The Morgan fingerprint density at radius 1 is 1.35 bits per heavy atom. The number of imidazole rings is 1. The molecule has 102 valence electrons. The summed E-state index contributed by atoms with van der Waals surface area (Å²) in [5, 5.41) is 8.11. The van der Waals surface area contributed by atoms with E-state index in [1.165, 1.54) is 11.3 Å². The van der Waals surface area contributed by atoms with E-state index >= 15 is 0 Å². The van der Waals surface area contributed by atoms with E-state index < -0.39 is 0 Å². The fourth-order valence-corrected chi connectivity index (χ4v) is 2.73. The van der Waals surface area contributed by atoms with Crippen LogP contribution < -0.4 is 5.32 Å². The van der Waals surface area contributed by atoms with E-state index in [9.17, 15) is 4.79 Å². The number of carbonyl (C=O) groups excluding carboxylic acids is 1. The van der Waals surface area contributed by atoms with Crippen molar-refractivity contribution in [2.45, 2.75) is 19.9 Å². The third-order valence-electron chi connectivity index (χ3n) is 3.02. The van der Waals surface area contributed by atoms with Crippen LogP contribution in [-0.4, -0.2) is 20.5 Å². The second-order valence-electron chi connectivity index (χ2n) is 4.58. The number of nitrogens with one attached hydrogen (secondary N) is 1. The third-order valence-corrected chi connectivity index (χ3v) is 3.86. The summed E-state index contributed by atoms with van der Waals surface area (Å²) < 4.78 is 1.64. The lowest BCUT2D eigenvalue weighted by Crippen LogP contribution is -2.26. The van der Waals surface area contributed by atoms with Crippen molar-refractivity contribution in [1.29, 1.82) is 0 Å². The Labute approximate surface area is 120 Å². The van der Waals surface area contributed by atoms with Crippen LogP contribution in [0.4, 0.5) is 0 Å². The van der Waals surface area contributed by atoms with Gasteiger partial charge in [0, 0.05) is 0 Å². The summed E-state index contributed by atoms with van der Waals surface area (Å²) in [6, 6.07) is 9.78. The van der Waals surface area contributed by atoms with E-state index in [4.69, 9.17) is 0 Å². The van der Waals surface area contributed by atoms with Gasteiger partial charge in [-0.15, -0.1) is 0 Å². The quantitative estimate of drug-likeness (QED) is 0.805. The predicted molar refractivity (Wildman–Crippen MR) is 77.9 cm³/mol. The molecule has 0 bridgehead atoms. The van der Waals surface area contributed by atoms with Gasteiger partial charge in [0.05, 0.1) is 12.2 Å². The number of nitrogens with zero attached hydrogens (tertiary/aromatic N) is 3. The van der Waals surface area contributed by atoms with Crippen molar-refractivity contribution in [3.05, 3.63) is 52.8 Å². The molecule has 0 aliphatic heterocycles. The van der Waals surface area contributed by atoms with Gasteiger partial charge in [0.15, 0.2) is 0 Å². The second kappa shape index (κ2) is 5.05. The Balaban J connectivity index is 1.77. The molecule has 6 heteroatoms. The maximum absolute atomic E-state index is 12.2. The number of hydrogen-bond acceptors (Lipinski definition) is 4. The topological polar surface area (TPSA) is 59.3 Å². The van der Waals surface area contributed by atoms with Crippen molar-refractivity contribution >= 4 is 22.2 Å². The van der Waals surface area contributed by atoms with Crippen LogP contribution in [0, 0.1) is 6.92 Å². The molecule has 3 aromatic rings. The summed E-state index contributed by atoms with van der Waals surface area (Å²) in [7, 11) is 0. The van der Waals surface area contributed by atoms with Crippen LogP contribution in [0.2, 0.25) is 0 Å². The summed E-state index contributed by atoms with van der Waals surface area (Å²) >= 11 is 1.47. The van der Waals surface area contributed by atoms with E-state index in [0.717, 1.165) is 15.5 Å². The smallest absolute Gasteiger partial charge is 0.272 e. The van der Waals surface area contributed by atoms with Crippen molar-refractivity contribution in [2.24, 2.45) is 0 Å². The van der Waals surface area contributed by atoms with Gasteiger partial charge >= 0.3 is 0 Å². The zero-order valence-electron chi connectivity index (χ0n) is 11.2. The molecule has 5 nitrogen and oxygen atoms in total. The lowest BCUT2D eigenvalue weighted by Gasteiger charge is -2.12. The lowest BCUT2D eigenvalue weighted by molar-refractivity contribution is 0.0935. The van der Waals surface area contributed by atoms with Crippen molar-refractivity contribution < 1.29 is 4.79 Å². The number of rotatable bonds is 3. The number of benzene rings is 1. The van der Waals surface area contributed by atoms with Gasteiger partial charge in [0.25, 0.3) is 5.91 Å². The normalized spacial score (nSPS) is 12.5. The summed E-state index contributed by atoms with van der Waals surface area (Å²) in [6.07, 6.45) is 1.66. The molecule has 0 saturated carbocycles. The fourth-order valence-electron chi connectivity index (χ4n) is 2.00. The monoisotopic (exact) mass is 286 g/mol. The minimum atomic E-state index is -0.184. The van der Waals surface area contributed by atoms with Crippen molar-refractivity contribution in [1.82, 2.24) is 19.9 Å². The molecule has 0 saturated heterocycles. The van der Waals surface area contributed by atoms with E-state index in [2.05, 4.69) is 15.4 Å². The standard InChI is InChI=1S/C14H14N4OS/c1-9(11-6-4-3-5-7-11)15-13(19)12-8-18-14(16-12)20-10(2)17-18/h3-9H,1-2H3,(H,15,19). The van der Waals surface area contributed by atoms with Crippen molar-refractivity contribution in [2.75, 3.05) is 0 Å². The fraction of sp³-hybridized carbons (Fsp3) is 0.214. The predicted octanol–water partition coefficient (Wildman–Crippen LogP) is 2.59. The minimum absolute atomic E-state index is 0.0573. The average molecular weight is 286 g/mol. The molecule has 0 aliphatic carbocycles. The van der Waals surface area contributed by atoms with E-state index in [1.807, 2.05) is 44.2 Å². The second-order valence-corrected chi connectivity index (χ2v) is 5.74. The Hall–Kier alpha value is -2.21. The molecule has 2 aromatic heterocycles. The maximum atomic E-state index is 12.2. The van der Waals surface area contributed by atoms with Gasteiger partial charge in [-0.1, -0.05) is 41.7 Å². The summed E-state index contributed by atoms with van der Waals surface area (Å²) in [5.74, 6) is -0.184. The first-order chi connectivity index (χ1) is 9.63. The first kappa shape index (κ1) is 12.8. The molecule has 0 radical (unpaired) electrons. The molecule has 1 N–H and O–H groups in total. The van der Waals surface area contributed by atoms with Crippen LogP contribution in [0.3, 0.4) is 0 Å². The highest BCUT2D eigenvalue weighted by molar-refractivity contribution is 7.16. The molecule has 0 spiro atoms. The number of aromatic nitrogens is 3. The van der Waals surface area contributed by atoms with Crippen molar-refractivity contribution in [3.8, 4) is 0 Å². The number of aryl methyl sites for hydroxylation is 1. The van der Waals surface area contributed by atoms with Crippen molar-refractivity contribution in [3.63, 3.8) is 0 Å². The molecule has 2 heterocycles.